The average molecular weight is 158 g/mol. The largest absolute Gasteiger partial charge is 0.481 e. The van der Waals surface area contributed by atoms with Crippen molar-refractivity contribution >= 4 is 35.0 Å². The molecular formula is C4H6MgO5. The minimum absolute atomic E-state index is 0. The number of aliphatic hydroxyl groups excluding tert-OH is 1. The minimum Gasteiger partial charge on any atom is -0.481 e. The fourth-order valence-electron chi connectivity index (χ4n) is 0.253. The van der Waals surface area contributed by atoms with Crippen LogP contribution in [0.25, 0.3) is 0 Å². The van der Waals surface area contributed by atoms with Gasteiger partial charge in [0.25, 0.3) is 0 Å². The predicted octanol–water partition coefficient (Wildman–Crippen LogP) is -1.47. The molecule has 0 saturated carbocycles. The second-order valence-electron chi connectivity index (χ2n) is 1.45. The zero-order valence-corrected chi connectivity index (χ0v) is 6.56. The molecule has 3 N–H and O–H groups in total. The van der Waals surface area contributed by atoms with Crippen LogP contribution in [0.1, 0.15) is 6.42 Å². The van der Waals surface area contributed by atoms with E-state index in [0.717, 1.165) is 0 Å². The van der Waals surface area contributed by atoms with Crippen molar-refractivity contribution in [3.8, 4) is 0 Å². The molecule has 0 aromatic rings. The quantitative estimate of drug-likeness (QED) is 0.436. The molecule has 5 nitrogen and oxygen atoms in total. The summed E-state index contributed by atoms with van der Waals surface area (Å²) < 4.78 is 0. The van der Waals surface area contributed by atoms with E-state index in [1.165, 1.54) is 0 Å². The lowest BCUT2D eigenvalue weighted by Gasteiger charge is -1.97. The van der Waals surface area contributed by atoms with Gasteiger partial charge in [-0.05, 0) is 0 Å². The lowest BCUT2D eigenvalue weighted by atomic mass is 10.3. The van der Waals surface area contributed by atoms with E-state index < -0.39 is 24.5 Å². The van der Waals surface area contributed by atoms with Crippen molar-refractivity contribution in [2.45, 2.75) is 12.5 Å². The van der Waals surface area contributed by atoms with E-state index in [1.54, 1.807) is 0 Å². The van der Waals surface area contributed by atoms with Gasteiger partial charge in [0.1, 0.15) is 0 Å². The molecule has 0 spiro atoms. The second-order valence-corrected chi connectivity index (χ2v) is 1.45. The molecule has 10 heavy (non-hydrogen) atoms. The molecule has 0 saturated heterocycles. The molecule has 0 aromatic carbocycles. The normalized spacial score (nSPS) is 11.3. The van der Waals surface area contributed by atoms with Crippen LogP contribution in [0.2, 0.25) is 0 Å². The molecule has 2 radical (unpaired) electrons. The summed E-state index contributed by atoms with van der Waals surface area (Å²) in [6, 6.07) is 0. The minimum atomic E-state index is -1.79. The molecule has 0 aliphatic heterocycles. The molecule has 0 aromatic heterocycles. The summed E-state index contributed by atoms with van der Waals surface area (Å²) in [5, 5.41) is 24.1. The van der Waals surface area contributed by atoms with Gasteiger partial charge in [0.05, 0.1) is 6.42 Å². The van der Waals surface area contributed by atoms with Crippen molar-refractivity contribution < 1.29 is 24.9 Å². The average Bonchev–Trinajstić information content (AvgIpc) is 1.63. The number of aliphatic carboxylic acids is 2. The molecule has 6 heteroatoms. The summed E-state index contributed by atoms with van der Waals surface area (Å²) in [6.07, 6.45) is -2.54. The van der Waals surface area contributed by atoms with Crippen LogP contribution in [0, 0.1) is 0 Å². The van der Waals surface area contributed by atoms with Gasteiger partial charge in [0.2, 0.25) is 0 Å². The van der Waals surface area contributed by atoms with E-state index in [-0.39, 0.29) is 23.1 Å². The Morgan fingerprint density at radius 1 is 1.30 bits per heavy atom. The van der Waals surface area contributed by atoms with Crippen LogP contribution < -0.4 is 0 Å². The lowest BCUT2D eigenvalue weighted by Crippen LogP contribution is -2.22. The maximum Gasteiger partial charge on any atom is 0.333 e. The highest BCUT2D eigenvalue weighted by molar-refractivity contribution is 5.79. The SMILES string of the molecule is O=C(O)CC(O)C(=O)O.[Mg]. The lowest BCUT2D eigenvalue weighted by molar-refractivity contribution is -0.152. The Morgan fingerprint density at radius 3 is 1.80 bits per heavy atom. The maximum absolute atomic E-state index is 9.72. The van der Waals surface area contributed by atoms with Gasteiger partial charge in [-0.3, -0.25) is 4.79 Å². The Hall–Kier alpha value is -0.334. The number of carboxylic acids is 2. The summed E-state index contributed by atoms with van der Waals surface area (Å²) in [5.74, 6) is -2.85. The first-order valence-electron chi connectivity index (χ1n) is 2.16. The standard InChI is InChI=1S/C4H6O5.Mg/c5-2(4(8)9)1-3(6)7;/h2,5H,1H2,(H,6,7)(H,8,9);. The van der Waals surface area contributed by atoms with E-state index in [9.17, 15) is 9.59 Å². The molecular weight excluding hydrogens is 152 g/mol. The Morgan fingerprint density at radius 2 is 1.70 bits per heavy atom. The number of rotatable bonds is 3. The number of carbonyl (C=O) groups is 2. The van der Waals surface area contributed by atoms with Crippen molar-refractivity contribution in [2.75, 3.05) is 0 Å². The number of hydrogen-bond donors (Lipinski definition) is 3. The summed E-state index contributed by atoms with van der Waals surface area (Å²) in [6.45, 7) is 0. The number of hydrogen-bond acceptors (Lipinski definition) is 3. The Kier molecular flexibility index (Phi) is 6.73. The second kappa shape index (κ2) is 5.45. The van der Waals surface area contributed by atoms with Crippen LogP contribution >= 0.6 is 0 Å². The summed E-state index contributed by atoms with van der Waals surface area (Å²) >= 11 is 0. The third-order valence-corrected chi connectivity index (χ3v) is 0.653. The molecule has 0 heterocycles. The van der Waals surface area contributed by atoms with Crippen molar-refractivity contribution in [2.24, 2.45) is 0 Å². The summed E-state index contributed by atoms with van der Waals surface area (Å²) in [7, 11) is 0. The molecule has 0 aliphatic carbocycles. The van der Waals surface area contributed by atoms with Crippen molar-refractivity contribution in [3.63, 3.8) is 0 Å². The highest BCUT2D eigenvalue weighted by Gasteiger charge is 2.16. The van der Waals surface area contributed by atoms with Gasteiger partial charge in [-0.1, -0.05) is 0 Å². The maximum atomic E-state index is 9.72. The van der Waals surface area contributed by atoms with Gasteiger partial charge < -0.3 is 15.3 Å². The molecule has 0 amide bonds. The van der Waals surface area contributed by atoms with Crippen LogP contribution in [0.5, 0.6) is 0 Å². The topological polar surface area (TPSA) is 94.8 Å². The van der Waals surface area contributed by atoms with Gasteiger partial charge in [0.15, 0.2) is 6.10 Å². The molecule has 0 bridgehead atoms. The van der Waals surface area contributed by atoms with Crippen molar-refractivity contribution in [3.05, 3.63) is 0 Å². The van der Waals surface area contributed by atoms with Crippen molar-refractivity contribution in [1.82, 2.24) is 0 Å². The smallest absolute Gasteiger partial charge is 0.333 e. The zero-order valence-electron chi connectivity index (χ0n) is 5.15. The highest BCUT2D eigenvalue weighted by Crippen LogP contribution is 1.89. The van der Waals surface area contributed by atoms with E-state index in [1.807, 2.05) is 0 Å². The summed E-state index contributed by atoms with van der Waals surface area (Å²) in [4.78, 5) is 19.4. The third-order valence-electron chi connectivity index (χ3n) is 0.653. The van der Waals surface area contributed by atoms with E-state index in [2.05, 4.69) is 0 Å². The first-order chi connectivity index (χ1) is 4.04. The predicted molar refractivity (Wildman–Crippen MR) is 31.6 cm³/mol. The fourth-order valence-corrected chi connectivity index (χ4v) is 0.253. The highest BCUT2D eigenvalue weighted by atomic mass is 24.3. The summed E-state index contributed by atoms with van der Waals surface area (Å²) in [5.41, 5.74) is 0. The number of carboxylic acid groups (broad SMARTS) is 2. The van der Waals surface area contributed by atoms with Crippen LogP contribution in [0.15, 0.2) is 0 Å². The Balaban J connectivity index is 0. The number of aliphatic hydroxyl groups is 1. The fraction of sp³-hybridized carbons (Fsp3) is 0.500. The van der Waals surface area contributed by atoms with Gasteiger partial charge in [-0.15, -0.1) is 0 Å². The van der Waals surface area contributed by atoms with E-state index >= 15 is 0 Å². The molecule has 0 fully saturated rings. The van der Waals surface area contributed by atoms with Gasteiger partial charge in [-0.2, -0.15) is 0 Å². The van der Waals surface area contributed by atoms with E-state index in [0.29, 0.717) is 0 Å². The molecule has 1 atom stereocenters. The Labute approximate surface area is 72.8 Å². The van der Waals surface area contributed by atoms with Crippen LogP contribution in [-0.4, -0.2) is 56.4 Å². The van der Waals surface area contributed by atoms with Gasteiger partial charge in [-0.25, -0.2) is 4.79 Å². The van der Waals surface area contributed by atoms with Gasteiger partial charge >= 0.3 is 11.9 Å². The molecule has 0 rings (SSSR count). The Bertz CT molecular complexity index is 134. The first-order valence-corrected chi connectivity index (χ1v) is 2.16. The zero-order chi connectivity index (χ0) is 7.44. The third kappa shape index (κ3) is 5.80. The first kappa shape index (κ1) is 12.4. The van der Waals surface area contributed by atoms with Crippen LogP contribution in [0.4, 0.5) is 0 Å². The van der Waals surface area contributed by atoms with Crippen LogP contribution in [0.3, 0.4) is 0 Å². The van der Waals surface area contributed by atoms with Crippen LogP contribution in [-0.2, 0) is 9.59 Å². The van der Waals surface area contributed by atoms with E-state index in [4.69, 9.17) is 15.3 Å². The molecule has 54 valence electrons. The van der Waals surface area contributed by atoms with Gasteiger partial charge in [0, 0.05) is 23.1 Å². The van der Waals surface area contributed by atoms with Crippen molar-refractivity contribution in [1.29, 1.82) is 0 Å². The molecule has 0 aliphatic rings. The monoisotopic (exact) mass is 158 g/mol. The molecule has 1 unspecified atom stereocenters.